The molecule has 0 saturated carbocycles. The van der Waals surface area contributed by atoms with Gasteiger partial charge in [0.1, 0.15) is 5.82 Å². The maximum absolute atomic E-state index is 10.7. The van der Waals surface area contributed by atoms with Crippen molar-refractivity contribution in [3.05, 3.63) is 6.20 Å². The first kappa shape index (κ1) is 10.8. The third kappa shape index (κ3) is 2.10. The summed E-state index contributed by atoms with van der Waals surface area (Å²) in [6.07, 6.45) is 4.29. The first-order valence-corrected chi connectivity index (χ1v) is 5.53. The van der Waals surface area contributed by atoms with Crippen molar-refractivity contribution in [2.45, 2.75) is 25.8 Å². The van der Waals surface area contributed by atoms with Crippen LogP contribution >= 0.6 is 0 Å². The summed E-state index contributed by atoms with van der Waals surface area (Å²) in [7, 11) is 0. The lowest BCUT2D eigenvalue weighted by Crippen LogP contribution is -2.24. The van der Waals surface area contributed by atoms with E-state index >= 15 is 0 Å². The summed E-state index contributed by atoms with van der Waals surface area (Å²) in [6.45, 7) is 2.51. The van der Waals surface area contributed by atoms with Crippen LogP contribution in [0.4, 0.5) is 11.5 Å². The monoisotopic (exact) mass is 223 g/mol. The van der Waals surface area contributed by atoms with Crippen LogP contribution in [0.15, 0.2) is 6.20 Å². The van der Waals surface area contributed by atoms with Gasteiger partial charge in [-0.25, -0.2) is 4.68 Å². The number of nitrogen functional groups attached to an aromatic ring is 1. The molecule has 2 heterocycles. The van der Waals surface area contributed by atoms with Gasteiger partial charge in [-0.05, 0) is 12.8 Å². The van der Waals surface area contributed by atoms with Crippen LogP contribution in [0, 0.1) is 0 Å². The summed E-state index contributed by atoms with van der Waals surface area (Å²) < 4.78 is 1.77. The molecule has 88 valence electrons. The van der Waals surface area contributed by atoms with Gasteiger partial charge in [-0.1, -0.05) is 0 Å². The highest BCUT2D eigenvalue weighted by atomic mass is 16.1. The Morgan fingerprint density at radius 3 is 2.75 bits per heavy atom. The quantitative estimate of drug-likeness (QED) is 0.748. The number of nitrogens with zero attached hydrogens (tertiary/aromatic N) is 3. The van der Waals surface area contributed by atoms with Crippen molar-refractivity contribution in [3.8, 4) is 0 Å². The lowest BCUT2D eigenvalue weighted by molar-refractivity contribution is -0.118. The Labute approximate surface area is 94.2 Å². The molecular formula is C10H17N5O. The Bertz CT molecular complexity index is 381. The van der Waals surface area contributed by atoms with E-state index in [0.29, 0.717) is 18.7 Å². The first-order chi connectivity index (χ1) is 7.68. The lowest BCUT2D eigenvalue weighted by Gasteiger charge is -2.19. The topological polar surface area (TPSA) is 90.2 Å². The highest BCUT2D eigenvalue weighted by Gasteiger charge is 2.19. The Morgan fingerprint density at radius 2 is 2.12 bits per heavy atom. The van der Waals surface area contributed by atoms with Gasteiger partial charge >= 0.3 is 0 Å². The summed E-state index contributed by atoms with van der Waals surface area (Å²) in [5, 5.41) is 4.17. The summed E-state index contributed by atoms with van der Waals surface area (Å²) in [4.78, 5) is 13.0. The van der Waals surface area contributed by atoms with Crippen LogP contribution in [0.5, 0.6) is 0 Å². The number of nitrogens with two attached hydrogens (primary N) is 2. The number of primary amides is 1. The van der Waals surface area contributed by atoms with Crippen LogP contribution in [0.2, 0.25) is 0 Å². The molecule has 6 nitrogen and oxygen atoms in total. The predicted molar refractivity (Wildman–Crippen MR) is 61.9 cm³/mol. The second-order valence-corrected chi connectivity index (χ2v) is 4.06. The SMILES string of the molecule is NC(=O)CCn1ncc(N)c1N1CCCC1. The molecule has 4 N–H and O–H groups in total. The number of hydrogen-bond donors (Lipinski definition) is 2. The fourth-order valence-corrected chi connectivity index (χ4v) is 2.05. The van der Waals surface area contributed by atoms with Crippen LogP contribution in [0.25, 0.3) is 0 Å². The van der Waals surface area contributed by atoms with Crippen molar-refractivity contribution in [2.24, 2.45) is 5.73 Å². The molecular weight excluding hydrogens is 206 g/mol. The number of rotatable bonds is 4. The number of aromatic nitrogens is 2. The molecule has 1 amide bonds. The fourth-order valence-electron chi connectivity index (χ4n) is 2.05. The van der Waals surface area contributed by atoms with E-state index in [-0.39, 0.29) is 5.91 Å². The fraction of sp³-hybridized carbons (Fsp3) is 0.600. The Balaban J connectivity index is 2.14. The van der Waals surface area contributed by atoms with Gasteiger partial charge in [0.15, 0.2) is 0 Å². The van der Waals surface area contributed by atoms with Gasteiger partial charge in [0.2, 0.25) is 5.91 Å². The highest BCUT2D eigenvalue weighted by Crippen LogP contribution is 2.26. The maximum Gasteiger partial charge on any atom is 0.219 e. The van der Waals surface area contributed by atoms with Crippen LogP contribution in [-0.4, -0.2) is 28.8 Å². The standard InChI is InChI=1S/C10H17N5O/c11-8-7-13-15(6-3-9(12)16)10(8)14-4-1-2-5-14/h7H,1-6,11H2,(H2,12,16). The van der Waals surface area contributed by atoms with E-state index in [1.807, 2.05) is 0 Å². The smallest absolute Gasteiger partial charge is 0.219 e. The Morgan fingerprint density at radius 1 is 1.44 bits per heavy atom. The highest BCUT2D eigenvalue weighted by molar-refractivity contribution is 5.73. The summed E-state index contributed by atoms with van der Waals surface area (Å²) >= 11 is 0. The van der Waals surface area contributed by atoms with E-state index in [1.54, 1.807) is 10.9 Å². The zero-order chi connectivity index (χ0) is 11.5. The zero-order valence-corrected chi connectivity index (χ0v) is 9.22. The molecule has 1 fully saturated rings. The summed E-state index contributed by atoms with van der Waals surface area (Å²) in [6, 6.07) is 0. The molecule has 0 aromatic carbocycles. The van der Waals surface area contributed by atoms with E-state index in [9.17, 15) is 4.79 Å². The molecule has 0 aliphatic carbocycles. The second kappa shape index (κ2) is 4.42. The first-order valence-electron chi connectivity index (χ1n) is 5.53. The molecule has 1 aromatic heterocycles. The summed E-state index contributed by atoms with van der Waals surface area (Å²) in [5.41, 5.74) is 11.7. The van der Waals surface area contributed by atoms with Crippen molar-refractivity contribution in [3.63, 3.8) is 0 Å². The number of anilines is 2. The minimum atomic E-state index is -0.318. The van der Waals surface area contributed by atoms with Crippen molar-refractivity contribution < 1.29 is 4.79 Å². The van der Waals surface area contributed by atoms with E-state index in [1.165, 1.54) is 12.8 Å². The van der Waals surface area contributed by atoms with Crippen LogP contribution in [0.3, 0.4) is 0 Å². The molecule has 1 aliphatic heterocycles. The Kier molecular flexibility index (Phi) is 2.98. The van der Waals surface area contributed by atoms with Crippen molar-refractivity contribution in [1.29, 1.82) is 0 Å². The number of amides is 1. The van der Waals surface area contributed by atoms with Gasteiger partial charge in [-0.2, -0.15) is 5.10 Å². The van der Waals surface area contributed by atoms with Crippen molar-refractivity contribution in [2.75, 3.05) is 23.7 Å². The molecule has 6 heteroatoms. The second-order valence-electron chi connectivity index (χ2n) is 4.06. The van der Waals surface area contributed by atoms with E-state index in [0.717, 1.165) is 18.9 Å². The van der Waals surface area contributed by atoms with Gasteiger partial charge in [-0.3, -0.25) is 4.79 Å². The molecule has 0 spiro atoms. The van der Waals surface area contributed by atoms with Gasteiger partial charge < -0.3 is 16.4 Å². The van der Waals surface area contributed by atoms with Crippen LogP contribution in [0.1, 0.15) is 19.3 Å². The minimum Gasteiger partial charge on any atom is -0.394 e. The number of carbonyl (C=O) groups excluding carboxylic acids is 1. The maximum atomic E-state index is 10.7. The molecule has 16 heavy (non-hydrogen) atoms. The van der Waals surface area contributed by atoms with Crippen LogP contribution < -0.4 is 16.4 Å². The molecule has 0 atom stereocenters. The van der Waals surface area contributed by atoms with Gasteiger partial charge in [-0.15, -0.1) is 0 Å². The molecule has 1 aromatic rings. The van der Waals surface area contributed by atoms with Crippen molar-refractivity contribution in [1.82, 2.24) is 9.78 Å². The normalized spacial score (nSPS) is 15.6. The number of hydrogen-bond acceptors (Lipinski definition) is 4. The van der Waals surface area contributed by atoms with E-state index in [2.05, 4.69) is 10.00 Å². The molecule has 1 aliphatic rings. The number of carbonyl (C=O) groups is 1. The summed E-state index contributed by atoms with van der Waals surface area (Å²) in [5.74, 6) is 0.611. The molecule has 0 radical (unpaired) electrons. The lowest BCUT2D eigenvalue weighted by atomic mass is 10.4. The zero-order valence-electron chi connectivity index (χ0n) is 9.22. The van der Waals surface area contributed by atoms with Gasteiger partial charge in [0.25, 0.3) is 0 Å². The minimum absolute atomic E-state index is 0.294. The third-order valence-electron chi connectivity index (χ3n) is 2.81. The average Bonchev–Trinajstić information content (AvgIpc) is 2.83. The molecule has 2 rings (SSSR count). The van der Waals surface area contributed by atoms with Gasteiger partial charge in [0.05, 0.1) is 18.4 Å². The average molecular weight is 223 g/mol. The third-order valence-corrected chi connectivity index (χ3v) is 2.81. The largest absolute Gasteiger partial charge is 0.394 e. The van der Waals surface area contributed by atoms with Crippen molar-refractivity contribution >= 4 is 17.4 Å². The van der Waals surface area contributed by atoms with E-state index in [4.69, 9.17) is 11.5 Å². The van der Waals surface area contributed by atoms with Gasteiger partial charge in [0, 0.05) is 19.5 Å². The molecule has 0 unspecified atom stereocenters. The predicted octanol–water partition coefficient (Wildman–Crippen LogP) is -0.0591. The Hall–Kier alpha value is -1.72. The van der Waals surface area contributed by atoms with E-state index < -0.39 is 0 Å². The molecule has 1 saturated heterocycles. The van der Waals surface area contributed by atoms with Crippen LogP contribution in [-0.2, 0) is 11.3 Å². The number of aryl methyl sites for hydroxylation is 1. The molecule has 0 bridgehead atoms.